The van der Waals surface area contributed by atoms with Gasteiger partial charge < -0.3 is 5.32 Å². The fourth-order valence-electron chi connectivity index (χ4n) is 1.75. The van der Waals surface area contributed by atoms with Crippen molar-refractivity contribution in [2.24, 2.45) is 0 Å². The second-order valence-corrected chi connectivity index (χ2v) is 5.44. The summed E-state index contributed by atoms with van der Waals surface area (Å²) in [4.78, 5) is 16.2. The van der Waals surface area contributed by atoms with Gasteiger partial charge in [-0.15, -0.1) is 0 Å². The summed E-state index contributed by atoms with van der Waals surface area (Å²) in [5.41, 5.74) is 2.37. The number of hydrogen-bond acceptors (Lipinski definition) is 2. The van der Waals surface area contributed by atoms with E-state index >= 15 is 0 Å². The van der Waals surface area contributed by atoms with Crippen LogP contribution in [0.25, 0.3) is 0 Å². The highest BCUT2D eigenvalue weighted by Gasteiger charge is 2.15. The molecule has 6 heteroatoms. The molecule has 0 aliphatic carbocycles. The molecule has 3 nitrogen and oxygen atoms in total. The monoisotopic (exact) mass is 328 g/mol. The van der Waals surface area contributed by atoms with Crippen LogP contribution in [0.5, 0.6) is 0 Å². The zero-order valence-corrected chi connectivity index (χ0v) is 13.1. The summed E-state index contributed by atoms with van der Waals surface area (Å²) in [6.45, 7) is 3.62. The zero-order chi connectivity index (χ0) is 14.9. The summed E-state index contributed by atoms with van der Waals surface area (Å²) in [7, 11) is 0. The lowest BCUT2D eigenvalue weighted by molar-refractivity contribution is 0.102. The van der Waals surface area contributed by atoms with Crippen molar-refractivity contribution in [1.82, 2.24) is 4.98 Å². The van der Waals surface area contributed by atoms with Crippen molar-refractivity contribution in [3.63, 3.8) is 0 Å². The van der Waals surface area contributed by atoms with Crippen molar-refractivity contribution >= 4 is 46.4 Å². The van der Waals surface area contributed by atoms with Crippen LogP contribution in [0.4, 0.5) is 5.69 Å². The number of pyridine rings is 1. The fourth-order valence-corrected chi connectivity index (χ4v) is 2.54. The fraction of sp³-hybridized carbons (Fsp3) is 0.143. The van der Waals surface area contributed by atoms with Gasteiger partial charge in [-0.1, -0.05) is 46.9 Å². The van der Waals surface area contributed by atoms with Crippen molar-refractivity contribution in [2.75, 3.05) is 5.32 Å². The van der Waals surface area contributed by atoms with Crippen LogP contribution < -0.4 is 5.32 Å². The molecule has 104 valence electrons. The Bertz CT molecular complexity index is 663. The molecular formula is C14H11Cl3N2O. The van der Waals surface area contributed by atoms with Gasteiger partial charge in [-0.2, -0.15) is 0 Å². The van der Waals surface area contributed by atoms with Crippen LogP contribution in [0.2, 0.25) is 15.3 Å². The van der Waals surface area contributed by atoms with Crippen LogP contribution in [0.3, 0.4) is 0 Å². The molecule has 1 aromatic carbocycles. The van der Waals surface area contributed by atoms with Gasteiger partial charge in [0.2, 0.25) is 0 Å². The number of amides is 1. The standard InChI is InChI=1S/C14H11Cl3N2O/c1-7-4-3-5-9(11(7)16)14(20)19-12-8(2)6-10(15)18-13(12)17/h3-6H,1-2H3,(H,19,20). The van der Waals surface area contributed by atoms with E-state index in [9.17, 15) is 4.79 Å². The third kappa shape index (κ3) is 3.06. The second kappa shape index (κ2) is 6.00. The van der Waals surface area contributed by atoms with Crippen molar-refractivity contribution in [3.05, 3.63) is 56.3 Å². The molecule has 0 unspecified atom stereocenters. The maximum absolute atomic E-state index is 12.3. The quantitative estimate of drug-likeness (QED) is 0.795. The average molecular weight is 330 g/mol. The van der Waals surface area contributed by atoms with Crippen molar-refractivity contribution in [3.8, 4) is 0 Å². The summed E-state index contributed by atoms with van der Waals surface area (Å²) in [6, 6.07) is 6.88. The number of carbonyl (C=O) groups excluding carboxylic acids is 1. The summed E-state index contributed by atoms with van der Waals surface area (Å²) in [5.74, 6) is -0.340. The van der Waals surface area contributed by atoms with E-state index in [-0.39, 0.29) is 16.2 Å². The first-order valence-electron chi connectivity index (χ1n) is 5.79. The summed E-state index contributed by atoms with van der Waals surface area (Å²) in [5, 5.41) is 3.55. The maximum atomic E-state index is 12.3. The van der Waals surface area contributed by atoms with Crippen LogP contribution in [0.1, 0.15) is 21.5 Å². The van der Waals surface area contributed by atoms with E-state index in [1.54, 1.807) is 25.1 Å². The Morgan fingerprint density at radius 3 is 2.50 bits per heavy atom. The van der Waals surface area contributed by atoms with Crippen LogP contribution in [0.15, 0.2) is 24.3 Å². The molecule has 0 spiro atoms. The van der Waals surface area contributed by atoms with Crippen molar-refractivity contribution in [2.45, 2.75) is 13.8 Å². The second-order valence-electron chi connectivity index (χ2n) is 4.32. The SMILES string of the molecule is Cc1cccc(C(=O)Nc2c(C)cc(Cl)nc2Cl)c1Cl. The number of nitrogens with one attached hydrogen (secondary N) is 1. The van der Waals surface area contributed by atoms with Gasteiger partial charge in [-0.3, -0.25) is 4.79 Å². The summed E-state index contributed by atoms with van der Waals surface area (Å²) >= 11 is 17.9. The number of carbonyl (C=O) groups is 1. The van der Waals surface area contributed by atoms with Crippen molar-refractivity contribution in [1.29, 1.82) is 0 Å². The highest BCUT2D eigenvalue weighted by atomic mass is 35.5. The van der Waals surface area contributed by atoms with Gasteiger partial charge in [0.25, 0.3) is 5.91 Å². The molecule has 0 atom stereocenters. The Balaban J connectivity index is 2.36. The van der Waals surface area contributed by atoms with E-state index in [0.29, 0.717) is 16.3 Å². The third-order valence-electron chi connectivity index (χ3n) is 2.82. The number of nitrogens with zero attached hydrogens (tertiary/aromatic N) is 1. The first-order chi connectivity index (χ1) is 9.40. The molecule has 2 aromatic rings. The van der Waals surface area contributed by atoms with E-state index in [2.05, 4.69) is 10.3 Å². The van der Waals surface area contributed by atoms with E-state index in [1.807, 2.05) is 13.0 Å². The molecule has 0 fully saturated rings. The Morgan fingerprint density at radius 2 is 1.85 bits per heavy atom. The van der Waals surface area contributed by atoms with Gasteiger partial charge in [0.05, 0.1) is 16.3 Å². The van der Waals surface area contributed by atoms with E-state index in [1.165, 1.54) is 0 Å². The molecule has 0 saturated carbocycles. The minimum Gasteiger partial charge on any atom is -0.319 e. The number of halogens is 3. The number of anilines is 1. The Morgan fingerprint density at radius 1 is 1.15 bits per heavy atom. The molecule has 1 N–H and O–H groups in total. The Kier molecular flexibility index (Phi) is 4.53. The van der Waals surface area contributed by atoms with E-state index in [0.717, 1.165) is 11.1 Å². The third-order valence-corrected chi connectivity index (χ3v) is 3.78. The van der Waals surface area contributed by atoms with Gasteiger partial charge in [0, 0.05) is 0 Å². The first-order valence-corrected chi connectivity index (χ1v) is 6.92. The van der Waals surface area contributed by atoms with E-state index in [4.69, 9.17) is 34.8 Å². The molecular weight excluding hydrogens is 319 g/mol. The lowest BCUT2D eigenvalue weighted by Gasteiger charge is -2.11. The predicted molar refractivity (Wildman–Crippen MR) is 83.1 cm³/mol. The summed E-state index contributed by atoms with van der Waals surface area (Å²) < 4.78 is 0. The molecule has 1 aromatic heterocycles. The average Bonchev–Trinajstić information content (AvgIpc) is 2.36. The lowest BCUT2D eigenvalue weighted by atomic mass is 10.1. The number of hydrogen-bond donors (Lipinski definition) is 1. The van der Waals surface area contributed by atoms with Gasteiger partial charge >= 0.3 is 0 Å². The topological polar surface area (TPSA) is 42.0 Å². The van der Waals surface area contributed by atoms with Gasteiger partial charge in [0.1, 0.15) is 5.15 Å². The molecule has 0 aliphatic heterocycles. The van der Waals surface area contributed by atoms with Gasteiger partial charge in [-0.25, -0.2) is 4.98 Å². The zero-order valence-electron chi connectivity index (χ0n) is 10.8. The Hall–Kier alpha value is -1.29. The normalized spacial score (nSPS) is 10.4. The maximum Gasteiger partial charge on any atom is 0.257 e. The Labute approximate surface area is 131 Å². The van der Waals surface area contributed by atoms with Crippen LogP contribution in [-0.2, 0) is 0 Å². The first kappa shape index (κ1) is 15.1. The number of benzene rings is 1. The molecule has 0 saturated heterocycles. The molecule has 0 bridgehead atoms. The number of aryl methyl sites for hydroxylation is 2. The van der Waals surface area contributed by atoms with Crippen molar-refractivity contribution < 1.29 is 4.79 Å². The minimum atomic E-state index is -0.340. The van der Waals surface area contributed by atoms with Gasteiger partial charge in [0.15, 0.2) is 5.15 Å². The molecule has 1 heterocycles. The number of aromatic nitrogens is 1. The highest BCUT2D eigenvalue weighted by Crippen LogP contribution is 2.28. The molecule has 0 radical (unpaired) electrons. The van der Waals surface area contributed by atoms with Crippen LogP contribution in [0, 0.1) is 13.8 Å². The van der Waals surface area contributed by atoms with Gasteiger partial charge in [-0.05, 0) is 37.1 Å². The molecule has 0 aliphatic rings. The highest BCUT2D eigenvalue weighted by molar-refractivity contribution is 6.36. The lowest BCUT2D eigenvalue weighted by Crippen LogP contribution is -2.14. The molecule has 2 rings (SSSR count). The minimum absolute atomic E-state index is 0.145. The van der Waals surface area contributed by atoms with Crippen LogP contribution >= 0.6 is 34.8 Å². The molecule has 20 heavy (non-hydrogen) atoms. The van der Waals surface area contributed by atoms with Crippen LogP contribution in [-0.4, -0.2) is 10.9 Å². The number of rotatable bonds is 2. The predicted octanol–water partition coefficient (Wildman–Crippen LogP) is 4.91. The largest absolute Gasteiger partial charge is 0.319 e. The molecule has 1 amide bonds. The van der Waals surface area contributed by atoms with E-state index < -0.39 is 0 Å². The smallest absolute Gasteiger partial charge is 0.257 e. The summed E-state index contributed by atoms with van der Waals surface area (Å²) in [6.07, 6.45) is 0.